The number of esters is 1. The molecule has 0 aromatic heterocycles. The molecule has 5 nitrogen and oxygen atoms in total. The van der Waals surface area contributed by atoms with Gasteiger partial charge in [-0.15, -0.1) is 0 Å². The molecule has 0 unspecified atom stereocenters. The highest BCUT2D eigenvalue weighted by Gasteiger charge is 2.27. The van der Waals surface area contributed by atoms with E-state index in [4.69, 9.17) is 4.74 Å². The fourth-order valence-electron chi connectivity index (χ4n) is 1.92. The van der Waals surface area contributed by atoms with E-state index in [0.717, 1.165) is 6.42 Å². The molecule has 0 aromatic carbocycles. The highest BCUT2D eigenvalue weighted by molar-refractivity contribution is 5.75. The molecule has 2 amide bonds. The van der Waals surface area contributed by atoms with Crippen molar-refractivity contribution in [2.24, 2.45) is 5.92 Å². The Kier molecular flexibility index (Phi) is 5.80. The maximum atomic E-state index is 11.7. The smallest absolute Gasteiger partial charge is 0.317 e. The fraction of sp³-hybridized carbons (Fsp3) is 0.833. The first kappa shape index (κ1) is 13.8. The van der Waals surface area contributed by atoms with E-state index in [-0.39, 0.29) is 17.9 Å². The zero-order chi connectivity index (χ0) is 12.7. The predicted molar refractivity (Wildman–Crippen MR) is 64.6 cm³/mol. The van der Waals surface area contributed by atoms with E-state index in [1.54, 1.807) is 4.90 Å². The zero-order valence-electron chi connectivity index (χ0n) is 10.7. The van der Waals surface area contributed by atoms with E-state index >= 15 is 0 Å². The lowest BCUT2D eigenvalue weighted by atomic mass is 9.97. The SMILES string of the molecule is CCCNC(=O)N1CCC(C(=O)OCC)CC1. The summed E-state index contributed by atoms with van der Waals surface area (Å²) < 4.78 is 4.98. The van der Waals surface area contributed by atoms with Gasteiger partial charge in [0.2, 0.25) is 0 Å². The number of likely N-dealkylation sites (tertiary alicyclic amines) is 1. The van der Waals surface area contributed by atoms with Gasteiger partial charge in [0.25, 0.3) is 0 Å². The van der Waals surface area contributed by atoms with Crippen molar-refractivity contribution >= 4 is 12.0 Å². The molecular formula is C12H22N2O3. The Hall–Kier alpha value is -1.26. The number of rotatable bonds is 4. The molecule has 1 N–H and O–H groups in total. The number of hydrogen-bond acceptors (Lipinski definition) is 3. The lowest BCUT2D eigenvalue weighted by molar-refractivity contribution is -0.149. The molecule has 1 rings (SSSR count). The van der Waals surface area contributed by atoms with Crippen molar-refractivity contribution in [3.63, 3.8) is 0 Å². The number of ether oxygens (including phenoxy) is 1. The minimum Gasteiger partial charge on any atom is -0.466 e. The van der Waals surface area contributed by atoms with Gasteiger partial charge in [0, 0.05) is 19.6 Å². The largest absolute Gasteiger partial charge is 0.466 e. The number of piperidine rings is 1. The van der Waals surface area contributed by atoms with Crippen LogP contribution in [0.5, 0.6) is 0 Å². The third kappa shape index (κ3) is 4.24. The van der Waals surface area contributed by atoms with Crippen molar-refractivity contribution in [3.05, 3.63) is 0 Å². The Labute approximate surface area is 102 Å². The van der Waals surface area contributed by atoms with Crippen LogP contribution in [-0.2, 0) is 9.53 Å². The lowest BCUT2D eigenvalue weighted by Crippen LogP contribution is -2.45. The van der Waals surface area contributed by atoms with Crippen LogP contribution in [0.4, 0.5) is 4.79 Å². The standard InChI is InChI=1S/C12H22N2O3/c1-3-7-13-12(16)14-8-5-10(6-9-14)11(15)17-4-2/h10H,3-9H2,1-2H3,(H,13,16). The van der Waals surface area contributed by atoms with Gasteiger partial charge in [-0.1, -0.05) is 6.92 Å². The Morgan fingerprint density at radius 2 is 1.94 bits per heavy atom. The molecule has 1 aliphatic rings. The summed E-state index contributed by atoms with van der Waals surface area (Å²) in [6, 6.07) is -0.0193. The normalized spacial score (nSPS) is 16.7. The second-order valence-electron chi connectivity index (χ2n) is 4.25. The molecule has 0 aromatic rings. The number of urea groups is 1. The van der Waals surface area contributed by atoms with Crippen LogP contribution in [0.2, 0.25) is 0 Å². The van der Waals surface area contributed by atoms with Gasteiger partial charge in [0.15, 0.2) is 0 Å². The molecule has 5 heteroatoms. The van der Waals surface area contributed by atoms with Gasteiger partial charge in [0.05, 0.1) is 12.5 Å². The summed E-state index contributed by atoms with van der Waals surface area (Å²) in [7, 11) is 0. The van der Waals surface area contributed by atoms with Crippen molar-refractivity contribution < 1.29 is 14.3 Å². The highest BCUT2D eigenvalue weighted by atomic mass is 16.5. The van der Waals surface area contributed by atoms with Crippen molar-refractivity contribution in [3.8, 4) is 0 Å². The van der Waals surface area contributed by atoms with Gasteiger partial charge in [-0.25, -0.2) is 4.79 Å². The quantitative estimate of drug-likeness (QED) is 0.758. The summed E-state index contributed by atoms with van der Waals surface area (Å²) in [4.78, 5) is 24.9. The van der Waals surface area contributed by atoms with E-state index in [2.05, 4.69) is 5.32 Å². The average molecular weight is 242 g/mol. The van der Waals surface area contributed by atoms with E-state index in [1.165, 1.54) is 0 Å². The highest BCUT2D eigenvalue weighted by Crippen LogP contribution is 2.18. The van der Waals surface area contributed by atoms with Crippen molar-refractivity contribution in [2.75, 3.05) is 26.2 Å². The van der Waals surface area contributed by atoms with E-state index in [0.29, 0.717) is 39.1 Å². The zero-order valence-corrected chi connectivity index (χ0v) is 10.7. The van der Waals surface area contributed by atoms with Crippen LogP contribution in [0.15, 0.2) is 0 Å². The van der Waals surface area contributed by atoms with Crippen molar-refractivity contribution in [1.82, 2.24) is 10.2 Å². The molecule has 1 aliphatic heterocycles. The van der Waals surface area contributed by atoms with Crippen LogP contribution in [0.1, 0.15) is 33.1 Å². The number of hydrogen-bond donors (Lipinski definition) is 1. The van der Waals surface area contributed by atoms with Gasteiger partial charge < -0.3 is 15.0 Å². The molecule has 1 saturated heterocycles. The van der Waals surface area contributed by atoms with Crippen LogP contribution in [0.3, 0.4) is 0 Å². The lowest BCUT2D eigenvalue weighted by Gasteiger charge is -2.30. The summed E-state index contributed by atoms with van der Waals surface area (Å²) in [6.07, 6.45) is 2.35. The van der Waals surface area contributed by atoms with Crippen molar-refractivity contribution in [2.45, 2.75) is 33.1 Å². The number of nitrogens with zero attached hydrogens (tertiary/aromatic N) is 1. The van der Waals surface area contributed by atoms with Crippen molar-refractivity contribution in [1.29, 1.82) is 0 Å². The summed E-state index contributed by atoms with van der Waals surface area (Å²) in [6.45, 7) is 6.24. The molecule has 1 fully saturated rings. The van der Waals surface area contributed by atoms with Gasteiger partial charge in [-0.2, -0.15) is 0 Å². The first-order valence-corrected chi connectivity index (χ1v) is 6.38. The summed E-state index contributed by atoms with van der Waals surface area (Å²) in [5.41, 5.74) is 0. The second-order valence-corrected chi connectivity index (χ2v) is 4.25. The van der Waals surface area contributed by atoms with Crippen LogP contribution in [0.25, 0.3) is 0 Å². The van der Waals surface area contributed by atoms with E-state index < -0.39 is 0 Å². The molecule has 17 heavy (non-hydrogen) atoms. The molecule has 0 aliphatic carbocycles. The third-order valence-electron chi connectivity index (χ3n) is 2.93. The summed E-state index contributed by atoms with van der Waals surface area (Å²) in [5, 5.41) is 2.84. The van der Waals surface area contributed by atoms with Crippen LogP contribution >= 0.6 is 0 Å². The fourth-order valence-corrected chi connectivity index (χ4v) is 1.92. The Balaban J connectivity index is 2.30. The molecule has 0 saturated carbocycles. The van der Waals surface area contributed by atoms with Gasteiger partial charge >= 0.3 is 12.0 Å². The van der Waals surface area contributed by atoms with Gasteiger partial charge in [0.1, 0.15) is 0 Å². The molecule has 0 spiro atoms. The van der Waals surface area contributed by atoms with Crippen LogP contribution in [0, 0.1) is 5.92 Å². The van der Waals surface area contributed by atoms with Crippen LogP contribution in [-0.4, -0.2) is 43.1 Å². The summed E-state index contributed by atoms with van der Waals surface area (Å²) in [5.74, 6) is -0.161. The maximum Gasteiger partial charge on any atom is 0.317 e. The molecule has 0 radical (unpaired) electrons. The summed E-state index contributed by atoms with van der Waals surface area (Å²) >= 11 is 0. The molecule has 0 atom stereocenters. The Bertz CT molecular complexity index is 260. The van der Waals surface area contributed by atoms with E-state index in [9.17, 15) is 9.59 Å². The topological polar surface area (TPSA) is 58.6 Å². The molecule has 1 heterocycles. The maximum absolute atomic E-state index is 11.7. The molecule has 0 bridgehead atoms. The first-order valence-electron chi connectivity index (χ1n) is 6.38. The number of amides is 2. The third-order valence-corrected chi connectivity index (χ3v) is 2.93. The van der Waals surface area contributed by atoms with E-state index in [1.807, 2.05) is 13.8 Å². The molecule has 98 valence electrons. The monoisotopic (exact) mass is 242 g/mol. The second kappa shape index (κ2) is 7.14. The first-order chi connectivity index (χ1) is 8.19. The average Bonchev–Trinajstić information content (AvgIpc) is 2.36. The number of nitrogens with one attached hydrogen (secondary N) is 1. The molecular weight excluding hydrogens is 220 g/mol. The van der Waals surface area contributed by atoms with Gasteiger partial charge in [-0.3, -0.25) is 4.79 Å². The minimum absolute atomic E-state index is 0.0193. The minimum atomic E-state index is -0.124. The predicted octanol–water partition coefficient (Wildman–Crippen LogP) is 1.38. The Morgan fingerprint density at radius 3 is 2.47 bits per heavy atom. The van der Waals surface area contributed by atoms with Crippen LogP contribution < -0.4 is 5.32 Å². The number of carbonyl (C=O) groups excluding carboxylic acids is 2. The Morgan fingerprint density at radius 1 is 1.29 bits per heavy atom. The van der Waals surface area contributed by atoms with Gasteiger partial charge in [-0.05, 0) is 26.2 Å². The number of carbonyl (C=O) groups is 2.